The maximum absolute atomic E-state index is 13.1. The van der Waals surface area contributed by atoms with Gasteiger partial charge in [0, 0.05) is 60.5 Å². The number of carbonyl (C=O) groups excluding carboxylic acids is 2. The quantitative estimate of drug-likeness (QED) is 0.443. The Balaban J connectivity index is 1.21. The topological polar surface area (TPSA) is 97.9 Å². The van der Waals surface area contributed by atoms with Gasteiger partial charge in [-0.2, -0.15) is 10.2 Å². The van der Waals surface area contributed by atoms with E-state index in [9.17, 15) is 9.59 Å². The average molecular weight is 476 g/mol. The van der Waals surface area contributed by atoms with Gasteiger partial charge < -0.3 is 10.2 Å². The highest BCUT2D eigenvalue weighted by atomic mass is 32.1. The van der Waals surface area contributed by atoms with E-state index in [0.717, 1.165) is 33.7 Å². The lowest BCUT2D eigenvalue weighted by Gasteiger charge is -2.28. The van der Waals surface area contributed by atoms with Crippen LogP contribution < -0.4 is 5.32 Å². The van der Waals surface area contributed by atoms with Crippen LogP contribution >= 0.6 is 11.3 Å². The minimum absolute atomic E-state index is 0.0115. The molecule has 0 spiro atoms. The van der Waals surface area contributed by atoms with Crippen molar-refractivity contribution in [3.05, 3.63) is 64.0 Å². The minimum atomic E-state index is -0.214. The fraction of sp³-hybridized carbons (Fsp3) is 0.375. The second-order valence-corrected chi connectivity index (χ2v) is 9.94. The van der Waals surface area contributed by atoms with Gasteiger partial charge in [-0.15, -0.1) is 11.3 Å². The fourth-order valence-electron chi connectivity index (χ4n) is 4.50. The van der Waals surface area contributed by atoms with Crippen molar-refractivity contribution < 1.29 is 9.59 Å². The molecule has 0 bridgehead atoms. The lowest BCUT2D eigenvalue weighted by Crippen LogP contribution is -2.39. The molecule has 0 radical (unpaired) electrons. The van der Waals surface area contributed by atoms with E-state index in [1.54, 1.807) is 10.9 Å². The molecule has 4 heterocycles. The summed E-state index contributed by atoms with van der Waals surface area (Å²) in [5, 5.41) is 15.9. The van der Waals surface area contributed by atoms with Crippen molar-refractivity contribution in [2.75, 3.05) is 6.54 Å². The van der Waals surface area contributed by atoms with Crippen LogP contribution in [0.15, 0.2) is 42.0 Å². The summed E-state index contributed by atoms with van der Waals surface area (Å²) in [7, 11) is 0. The second kappa shape index (κ2) is 8.68. The number of nitrogens with one attached hydrogen (secondary N) is 1. The normalized spacial score (nSPS) is 15.5. The van der Waals surface area contributed by atoms with E-state index in [0.29, 0.717) is 37.7 Å². The standard InChI is InChI=1S/C24H25N7O2S/c32-22(15-30-13-17-3-1-2-4-19(17)27-30)29-9-7-20-18(14-29)23(28-31(20)12-16-5-6-16)24(33)26-11-21-25-8-10-34-21/h1-4,8,10,13,16H,5-7,9,11-12,14-15H2,(H,26,33). The van der Waals surface area contributed by atoms with Gasteiger partial charge in [-0.3, -0.25) is 19.0 Å². The molecular weight excluding hydrogens is 450 g/mol. The van der Waals surface area contributed by atoms with E-state index >= 15 is 0 Å². The van der Waals surface area contributed by atoms with Crippen LogP contribution in [0.3, 0.4) is 0 Å². The van der Waals surface area contributed by atoms with Crippen LogP contribution in [0.2, 0.25) is 0 Å². The van der Waals surface area contributed by atoms with Crippen molar-refractivity contribution in [3.8, 4) is 0 Å². The van der Waals surface area contributed by atoms with Gasteiger partial charge in [-0.1, -0.05) is 18.2 Å². The van der Waals surface area contributed by atoms with Gasteiger partial charge in [0.1, 0.15) is 11.6 Å². The molecule has 6 rings (SSSR count). The molecule has 1 aliphatic carbocycles. The number of amides is 2. The van der Waals surface area contributed by atoms with Gasteiger partial charge in [-0.05, 0) is 24.8 Å². The van der Waals surface area contributed by atoms with Gasteiger partial charge in [-0.25, -0.2) is 4.98 Å². The van der Waals surface area contributed by atoms with Crippen molar-refractivity contribution in [2.45, 2.75) is 45.4 Å². The highest BCUT2D eigenvalue weighted by Crippen LogP contribution is 2.32. The number of nitrogens with zero attached hydrogens (tertiary/aromatic N) is 6. The maximum atomic E-state index is 13.1. The largest absolute Gasteiger partial charge is 0.344 e. The summed E-state index contributed by atoms with van der Waals surface area (Å²) >= 11 is 1.50. The number of benzene rings is 1. The molecule has 34 heavy (non-hydrogen) atoms. The first-order valence-electron chi connectivity index (χ1n) is 11.6. The van der Waals surface area contributed by atoms with Crippen molar-refractivity contribution in [3.63, 3.8) is 0 Å². The van der Waals surface area contributed by atoms with Crippen LogP contribution in [0.25, 0.3) is 10.9 Å². The van der Waals surface area contributed by atoms with E-state index < -0.39 is 0 Å². The van der Waals surface area contributed by atoms with Gasteiger partial charge in [0.25, 0.3) is 5.91 Å². The molecule has 0 atom stereocenters. The summed E-state index contributed by atoms with van der Waals surface area (Å²) in [4.78, 5) is 32.3. The molecule has 1 saturated carbocycles. The second-order valence-electron chi connectivity index (χ2n) is 8.96. The smallest absolute Gasteiger partial charge is 0.272 e. The van der Waals surface area contributed by atoms with Crippen LogP contribution in [-0.4, -0.2) is 47.8 Å². The van der Waals surface area contributed by atoms with E-state index in [1.165, 1.54) is 24.2 Å². The zero-order chi connectivity index (χ0) is 23.1. The van der Waals surface area contributed by atoms with Gasteiger partial charge in [0.05, 0.1) is 12.1 Å². The molecule has 0 unspecified atom stereocenters. The van der Waals surface area contributed by atoms with E-state index in [-0.39, 0.29) is 18.4 Å². The van der Waals surface area contributed by atoms with Gasteiger partial charge in [0.2, 0.25) is 5.91 Å². The van der Waals surface area contributed by atoms with Crippen LogP contribution in [0.5, 0.6) is 0 Å². The van der Waals surface area contributed by atoms with E-state index in [4.69, 9.17) is 5.10 Å². The summed E-state index contributed by atoms with van der Waals surface area (Å²) in [6, 6.07) is 7.83. The maximum Gasteiger partial charge on any atom is 0.272 e. The average Bonchev–Trinajstić information content (AvgIpc) is 3.23. The third-order valence-electron chi connectivity index (χ3n) is 6.47. The summed E-state index contributed by atoms with van der Waals surface area (Å²) in [5.41, 5.74) is 3.24. The van der Waals surface area contributed by atoms with Crippen LogP contribution in [0.4, 0.5) is 0 Å². The number of hydrogen-bond donors (Lipinski definition) is 1. The third-order valence-corrected chi connectivity index (χ3v) is 7.25. The first kappa shape index (κ1) is 21.0. The molecule has 1 aliphatic heterocycles. The van der Waals surface area contributed by atoms with Gasteiger partial charge >= 0.3 is 0 Å². The zero-order valence-corrected chi connectivity index (χ0v) is 19.5. The van der Waals surface area contributed by atoms with Crippen molar-refractivity contribution in [1.29, 1.82) is 0 Å². The summed E-state index contributed by atoms with van der Waals surface area (Å²) in [5.74, 6) is 0.417. The van der Waals surface area contributed by atoms with Gasteiger partial charge in [0.15, 0.2) is 5.69 Å². The van der Waals surface area contributed by atoms with Crippen molar-refractivity contribution >= 4 is 34.1 Å². The minimum Gasteiger partial charge on any atom is -0.344 e. The highest BCUT2D eigenvalue weighted by molar-refractivity contribution is 7.09. The molecule has 4 aromatic rings. The first-order chi connectivity index (χ1) is 16.6. The SMILES string of the molecule is O=C(NCc1nccs1)c1nn(CC2CC2)c2c1CN(C(=O)Cn1cc3ccccc3n1)CC2. The van der Waals surface area contributed by atoms with E-state index in [1.807, 2.05) is 45.4 Å². The molecule has 174 valence electrons. The predicted octanol–water partition coefficient (Wildman–Crippen LogP) is 2.61. The van der Waals surface area contributed by atoms with Crippen LogP contribution in [-0.2, 0) is 37.4 Å². The third kappa shape index (κ3) is 4.21. The number of hydrogen-bond acceptors (Lipinski definition) is 6. The Morgan fingerprint density at radius 2 is 2.06 bits per heavy atom. The molecule has 9 nitrogen and oxygen atoms in total. The molecule has 1 fully saturated rings. The van der Waals surface area contributed by atoms with Crippen molar-refractivity contribution in [1.82, 2.24) is 34.8 Å². The Hall–Kier alpha value is -3.53. The summed E-state index contributed by atoms with van der Waals surface area (Å²) in [6.45, 7) is 2.39. The number of aromatic nitrogens is 5. The fourth-order valence-corrected chi connectivity index (χ4v) is 5.05. The number of thiazole rings is 1. The molecule has 1 aromatic carbocycles. The van der Waals surface area contributed by atoms with Crippen molar-refractivity contribution in [2.24, 2.45) is 5.92 Å². The first-order valence-corrected chi connectivity index (χ1v) is 12.5. The Labute approximate surface area is 200 Å². The lowest BCUT2D eigenvalue weighted by molar-refractivity contribution is -0.133. The number of carbonyl (C=O) groups is 2. The Kier molecular flexibility index (Phi) is 5.37. The molecule has 2 amide bonds. The molecular formula is C24H25N7O2S. The van der Waals surface area contributed by atoms with E-state index in [2.05, 4.69) is 15.4 Å². The monoisotopic (exact) mass is 475 g/mol. The predicted molar refractivity (Wildman–Crippen MR) is 127 cm³/mol. The number of fused-ring (bicyclic) bond motifs is 2. The highest BCUT2D eigenvalue weighted by Gasteiger charge is 2.32. The Bertz CT molecular complexity index is 1320. The molecule has 3 aromatic heterocycles. The Morgan fingerprint density at radius 3 is 2.85 bits per heavy atom. The molecule has 1 N–H and O–H groups in total. The lowest BCUT2D eigenvalue weighted by atomic mass is 10.0. The molecule has 10 heteroatoms. The van der Waals surface area contributed by atoms with Crippen LogP contribution in [0, 0.1) is 5.92 Å². The Morgan fingerprint density at radius 1 is 1.18 bits per heavy atom. The van der Waals surface area contributed by atoms with Crippen LogP contribution in [0.1, 0.15) is 39.6 Å². The summed E-state index contributed by atoms with van der Waals surface area (Å²) in [6.07, 6.45) is 6.74. The molecule has 2 aliphatic rings. The zero-order valence-electron chi connectivity index (χ0n) is 18.7. The summed E-state index contributed by atoms with van der Waals surface area (Å²) < 4.78 is 3.70. The number of rotatable bonds is 7. The molecule has 0 saturated heterocycles.